The monoisotopic (exact) mass is 538 g/mol. The average Bonchev–Trinajstić information content (AvgIpc) is 3.59. The fourth-order valence-electron chi connectivity index (χ4n) is 4.90. The molecule has 0 bridgehead atoms. The third-order valence-corrected chi connectivity index (χ3v) is 7.66. The number of aromatic hydroxyl groups is 2. The van der Waals surface area contributed by atoms with Gasteiger partial charge >= 0.3 is 0 Å². The smallest absolute Gasteiger partial charge is 0.289 e. The normalized spacial score (nSPS) is 16.8. The minimum absolute atomic E-state index is 0.00108. The van der Waals surface area contributed by atoms with E-state index in [-0.39, 0.29) is 41.0 Å². The summed E-state index contributed by atoms with van der Waals surface area (Å²) in [6.07, 6.45) is 1.87. The summed E-state index contributed by atoms with van der Waals surface area (Å²) in [5, 5.41) is 33.1. The van der Waals surface area contributed by atoms with E-state index >= 15 is 0 Å². The van der Waals surface area contributed by atoms with E-state index in [1.54, 1.807) is 10.6 Å². The molecule has 1 amide bonds. The number of hydrogen-bond acceptors (Lipinski definition) is 7. The SMILES string of the molecule is CCN1CCN(Cc2ccc(-n3c(C(=O)NC4CC4)nnc3-c3cc(C(C)C)c(O)cc3O)c(Cl)c2)CC1. The van der Waals surface area contributed by atoms with Crippen molar-refractivity contribution < 1.29 is 15.0 Å². The fraction of sp³-hybridized carbons (Fsp3) is 0.464. The second-order valence-corrected chi connectivity index (χ2v) is 10.9. The van der Waals surface area contributed by atoms with Gasteiger partial charge in [0.2, 0.25) is 5.82 Å². The Kier molecular flexibility index (Phi) is 7.61. The van der Waals surface area contributed by atoms with Crippen LogP contribution in [0.4, 0.5) is 0 Å². The van der Waals surface area contributed by atoms with Gasteiger partial charge in [-0.15, -0.1) is 10.2 Å². The Hall–Kier alpha value is -3.14. The molecule has 202 valence electrons. The number of carbonyl (C=O) groups is 1. The molecule has 2 heterocycles. The Morgan fingerprint density at radius 2 is 1.76 bits per heavy atom. The average molecular weight is 539 g/mol. The van der Waals surface area contributed by atoms with Crippen LogP contribution in [0.2, 0.25) is 5.02 Å². The number of hydrogen-bond donors (Lipinski definition) is 3. The number of nitrogens with zero attached hydrogens (tertiary/aromatic N) is 5. The molecule has 2 aliphatic rings. The predicted molar refractivity (Wildman–Crippen MR) is 147 cm³/mol. The highest BCUT2D eigenvalue weighted by Gasteiger charge is 2.30. The van der Waals surface area contributed by atoms with Crippen LogP contribution in [0.25, 0.3) is 17.1 Å². The van der Waals surface area contributed by atoms with Gasteiger partial charge in [0.15, 0.2) is 5.82 Å². The summed E-state index contributed by atoms with van der Waals surface area (Å²) in [5.74, 6) is -0.130. The first-order chi connectivity index (χ1) is 18.2. The maximum absolute atomic E-state index is 13.1. The lowest BCUT2D eigenvalue weighted by Gasteiger charge is -2.34. The van der Waals surface area contributed by atoms with E-state index in [1.165, 1.54) is 6.07 Å². The predicted octanol–water partition coefficient (Wildman–Crippen LogP) is 4.15. The summed E-state index contributed by atoms with van der Waals surface area (Å²) < 4.78 is 1.60. The first-order valence-corrected chi connectivity index (χ1v) is 13.7. The van der Waals surface area contributed by atoms with Crippen LogP contribution in [0.5, 0.6) is 11.5 Å². The minimum atomic E-state index is -0.345. The Morgan fingerprint density at radius 1 is 1.05 bits per heavy atom. The molecular weight excluding hydrogens is 504 g/mol. The molecule has 1 aliphatic heterocycles. The first kappa shape index (κ1) is 26.5. The molecule has 1 aliphatic carbocycles. The summed E-state index contributed by atoms with van der Waals surface area (Å²) in [6, 6.07) is 8.94. The van der Waals surface area contributed by atoms with Crippen LogP contribution in [-0.2, 0) is 6.54 Å². The zero-order valence-corrected chi connectivity index (χ0v) is 22.9. The van der Waals surface area contributed by atoms with Gasteiger partial charge in [0, 0.05) is 44.8 Å². The summed E-state index contributed by atoms with van der Waals surface area (Å²) in [4.78, 5) is 18.0. The highest BCUT2D eigenvalue weighted by molar-refractivity contribution is 6.32. The van der Waals surface area contributed by atoms with Gasteiger partial charge in [0.25, 0.3) is 5.91 Å². The summed E-state index contributed by atoms with van der Waals surface area (Å²) in [5.41, 5.74) is 2.64. The van der Waals surface area contributed by atoms with Crippen molar-refractivity contribution >= 4 is 17.5 Å². The van der Waals surface area contributed by atoms with Crippen molar-refractivity contribution in [2.24, 2.45) is 0 Å². The van der Waals surface area contributed by atoms with Crippen molar-refractivity contribution in [3.8, 4) is 28.6 Å². The topological polar surface area (TPSA) is 107 Å². The zero-order chi connectivity index (χ0) is 27.0. The molecule has 0 radical (unpaired) electrons. The molecule has 1 aromatic heterocycles. The Labute approximate surface area is 228 Å². The van der Waals surface area contributed by atoms with Crippen molar-refractivity contribution in [3.05, 3.63) is 52.3 Å². The van der Waals surface area contributed by atoms with E-state index in [0.717, 1.165) is 57.7 Å². The van der Waals surface area contributed by atoms with E-state index in [2.05, 4.69) is 32.2 Å². The number of piperazine rings is 1. The number of benzene rings is 2. The van der Waals surface area contributed by atoms with Crippen molar-refractivity contribution in [2.45, 2.75) is 52.1 Å². The largest absolute Gasteiger partial charge is 0.508 e. The molecule has 3 aromatic rings. The molecule has 2 aromatic carbocycles. The van der Waals surface area contributed by atoms with Gasteiger partial charge in [-0.2, -0.15) is 0 Å². The standard InChI is InChI=1S/C28H35ClN6O3/c1-4-33-9-11-34(12-10-33)16-18-5-8-23(22(29)13-18)35-26(31-32-27(35)28(38)30-19-6-7-19)21-14-20(17(2)3)24(36)15-25(21)37/h5,8,13-15,17,19,36-37H,4,6-7,9-12,16H2,1-3H3,(H,30,38). The van der Waals surface area contributed by atoms with Crippen LogP contribution in [-0.4, -0.2) is 79.5 Å². The number of halogens is 1. The van der Waals surface area contributed by atoms with Crippen LogP contribution in [0, 0.1) is 0 Å². The van der Waals surface area contributed by atoms with Crippen molar-refractivity contribution in [2.75, 3.05) is 32.7 Å². The first-order valence-electron chi connectivity index (χ1n) is 13.3. The van der Waals surface area contributed by atoms with E-state index < -0.39 is 0 Å². The molecule has 10 heteroatoms. The molecule has 9 nitrogen and oxygen atoms in total. The van der Waals surface area contributed by atoms with Gasteiger partial charge in [0.05, 0.1) is 16.3 Å². The quantitative estimate of drug-likeness (QED) is 0.395. The number of rotatable bonds is 8. The minimum Gasteiger partial charge on any atom is -0.508 e. The Balaban J connectivity index is 1.53. The van der Waals surface area contributed by atoms with Gasteiger partial charge in [0.1, 0.15) is 11.5 Å². The Bertz CT molecular complexity index is 1330. The number of likely N-dealkylation sites (N-methyl/N-ethyl adjacent to an activating group) is 1. The summed E-state index contributed by atoms with van der Waals surface area (Å²) in [6.45, 7) is 12.1. The van der Waals surface area contributed by atoms with Crippen molar-refractivity contribution in [1.29, 1.82) is 0 Å². The van der Waals surface area contributed by atoms with E-state index in [1.807, 2.05) is 32.0 Å². The number of amides is 1. The maximum atomic E-state index is 13.1. The second kappa shape index (κ2) is 10.9. The zero-order valence-electron chi connectivity index (χ0n) is 22.1. The lowest BCUT2D eigenvalue weighted by atomic mass is 9.98. The van der Waals surface area contributed by atoms with E-state index in [9.17, 15) is 15.0 Å². The van der Waals surface area contributed by atoms with Crippen LogP contribution in [0.1, 0.15) is 61.3 Å². The summed E-state index contributed by atoms with van der Waals surface area (Å²) in [7, 11) is 0. The third-order valence-electron chi connectivity index (χ3n) is 7.36. The number of phenols is 2. The molecule has 1 saturated heterocycles. The van der Waals surface area contributed by atoms with Gasteiger partial charge in [-0.05, 0) is 54.6 Å². The van der Waals surface area contributed by atoms with Gasteiger partial charge in [-0.25, -0.2) is 0 Å². The maximum Gasteiger partial charge on any atom is 0.289 e. The van der Waals surface area contributed by atoms with Crippen LogP contribution in [0.3, 0.4) is 0 Å². The van der Waals surface area contributed by atoms with Crippen LogP contribution < -0.4 is 5.32 Å². The molecule has 0 spiro atoms. The molecule has 1 saturated carbocycles. The Morgan fingerprint density at radius 3 is 2.39 bits per heavy atom. The number of nitrogens with one attached hydrogen (secondary N) is 1. The number of carbonyl (C=O) groups excluding carboxylic acids is 1. The van der Waals surface area contributed by atoms with Crippen molar-refractivity contribution in [1.82, 2.24) is 29.9 Å². The highest BCUT2D eigenvalue weighted by Crippen LogP contribution is 2.39. The van der Waals surface area contributed by atoms with Crippen LogP contribution in [0.15, 0.2) is 30.3 Å². The molecule has 0 atom stereocenters. The van der Waals surface area contributed by atoms with Crippen molar-refractivity contribution in [3.63, 3.8) is 0 Å². The molecule has 0 unspecified atom stereocenters. The molecular formula is C28H35ClN6O3. The molecule has 38 heavy (non-hydrogen) atoms. The third kappa shape index (κ3) is 5.50. The highest BCUT2D eigenvalue weighted by atomic mass is 35.5. The number of phenolic OH excluding ortho intramolecular Hbond substituents is 2. The molecule has 3 N–H and O–H groups in total. The summed E-state index contributed by atoms with van der Waals surface area (Å²) >= 11 is 6.85. The van der Waals surface area contributed by atoms with Gasteiger partial charge in [-0.1, -0.05) is 38.4 Å². The second-order valence-electron chi connectivity index (χ2n) is 10.5. The van der Waals surface area contributed by atoms with E-state index in [4.69, 9.17) is 11.6 Å². The van der Waals surface area contributed by atoms with Crippen LogP contribution >= 0.6 is 11.6 Å². The number of aromatic nitrogens is 3. The fourth-order valence-corrected chi connectivity index (χ4v) is 5.19. The van der Waals surface area contributed by atoms with Gasteiger partial charge < -0.3 is 20.4 Å². The van der Waals surface area contributed by atoms with E-state index in [0.29, 0.717) is 21.8 Å². The lowest BCUT2D eigenvalue weighted by Crippen LogP contribution is -2.45. The van der Waals surface area contributed by atoms with Gasteiger partial charge in [-0.3, -0.25) is 14.3 Å². The molecule has 2 fully saturated rings. The lowest BCUT2D eigenvalue weighted by molar-refractivity contribution is 0.0938. The molecule has 5 rings (SSSR count).